The summed E-state index contributed by atoms with van der Waals surface area (Å²) in [6, 6.07) is 5.49. The molecule has 0 bridgehead atoms. The number of guanidine groups is 1. The minimum absolute atomic E-state index is 0. The van der Waals surface area contributed by atoms with Crippen molar-refractivity contribution in [1.82, 2.24) is 20.4 Å². The molecule has 10 heteroatoms. The molecule has 1 aliphatic rings. The molecule has 0 aliphatic carbocycles. The highest BCUT2D eigenvalue weighted by Gasteiger charge is 2.31. The smallest absolute Gasteiger partial charge is 0.359 e. The number of halogens is 4. The fourth-order valence-electron chi connectivity index (χ4n) is 3.27. The average Bonchev–Trinajstić information content (AvgIpc) is 2.68. The van der Waals surface area contributed by atoms with Crippen LogP contribution in [0.15, 0.2) is 29.3 Å². The standard InChI is InChI=1S/C20H30F3N5O.HI/c1-19(2,17(29)24-3)14-26-18(25-4)28-10-8-27(9-11-28)13-15-6-5-7-16(12-15)20(21,22)23;/h5-7,12H,8-11,13-14H2,1-4H3,(H,24,29)(H,25,26);1H. The summed E-state index contributed by atoms with van der Waals surface area (Å²) in [6.45, 7) is 7.50. The number of piperazine rings is 1. The van der Waals surface area contributed by atoms with Crippen molar-refractivity contribution < 1.29 is 18.0 Å². The quantitative estimate of drug-likeness (QED) is 0.342. The van der Waals surface area contributed by atoms with E-state index in [9.17, 15) is 18.0 Å². The molecule has 0 spiro atoms. The van der Waals surface area contributed by atoms with Crippen molar-refractivity contribution in [1.29, 1.82) is 0 Å². The van der Waals surface area contributed by atoms with Gasteiger partial charge in [0.15, 0.2) is 5.96 Å². The zero-order valence-electron chi connectivity index (χ0n) is 17.8. The largest absolute Gasteiger partial charge is 0.416 e. The maximum Gasteiger partial charge on any atom is 0.416 e. The number of alkyl halides is 3. The van der Waals surface area contributed by atoms with Gasteiger partial charge in [-0.25, -0.2) is 0 Å². The van der Waals surface area contributed by atoms with E-state index in [-0.39, 0.29) is 29.9 Å². The van der Waals surface area contributed by atoms with Crippen LogP contribution in [0.5, 0.6) is 0 Å². The molecule has 0 aromatic heterocycles. The minimum Gasteiger partial charge on any atom is -0.359 e. The van der Waals surface area contributed by atoms with Gasteiger partial charge < -0.3 is 15.5 Å². The second kappa shape index (κ2) is 11.2. The molecular weight excluding hydrogens is 510 g/mol. The number of amides is 1. The van der Waals surface area contributed by atoms with E-state index in [1.165, 1.54) is 12.1 Å². The first kappa shape index (κ1) is 26.5. The first-order valence-electron chi connectivity index (χ1n) is 9.63. The number of nitrogens with one attached hydrogen (secondary N) is 2. The second-order valence-electron chi connectivity index (χ2n) is 7.83. The van der Waals surface area contributed by atoms with Gasteiger partial charge in [-0.05, 0) is 25.5 Å². The van der Waals surface area contributed by atoms with Gasteiger partial charge in [0, 0.05) is 53.4 Å². The van der Waals surface area contributed by atoms with Crippen molar-refractivity contribution in [2.24, 2.45) is 10.4 Å². The number of benzene rings is 1. The molecule has 1 saturated heterocycles. The Bertz CT molecular complexity index is 731. The molecule has 1 amide bonds. The van der Waals surface area contributed by atoms with Crippen molar-refractivity contribution in [2.45, 2.75) is 26.6 Å². The molecule has 1 heterocycles. The van der Waals surface area contributed by atoms with Gasteiger partial charge in [-0.15, -0.1) is 24.0 Å². The SMILES string of the molecule is CN=C(NCC(C)(C)C(=O)NC)N1CCN(Cc2cccc(C(F)(F)F)c2)CC1.I. The number of rotatable bonds is 5. The average molecular weight is 541 g/mol. The first-order valence-corrected chi connectivity index (χ1v) is 9.63. The summed E-state index contributed by atoms with van der Waals surface area (Å²) in [5.41, 5.74) is -0.532. The summed E-state index contributed by atoms with van der Waals surface area (Å²) < 4.78 is 38.7. The Hall–Kier alpha value is -1.56. The van der Waals surface area contributed by atoms with Crippen LogP contribution in [-0.2, 0) is 17.5 Å². The lowest BCUT2D eigenvalue weighted by atomic mass is 9.92. The third-order valence-electron chi connectivity index (χ3n) is 5.07. The van der Waals surface area contributed by atoms with Crippen molar-refractivity contribution in [3.05, 3.63) is 35.4 Å². The molecule has 6 nitrogen and oxygen atoms in total. The maximum atomic E-state index is 12.9. The molecule has 2 rings (SSSR count). The van der Waals surface area contributed by atoms with E-state index in [4.69, 9.17) is 0 Å². The van der Waals surface area contributed by atoms with Gasteiger partial charge in [0.25, 0.3) is 0 Å². The van der Waals surface area contributed by atoms with E-state index in [0.717, 1.165) is 25.1 Å². The van der Waals surface area contributed by atoms with Gasteiger partial charge in [-0.2, -0.15) is 13.2 Å². The Morgan fingerprint density at radius 3 is 2.33 bits per heavy atom. The molecule has 30 heavy (non-hydrogen) atoms. The van der Waals surface area contributed by atoms with Crippen LogP contribution in [0.3, 0.4) is 0 Å². The first-order chi connectivity index (χ1) is 13.6. The van der Waals surface area contributed by atoms with Crippen LogP contribution in [0, 0.1) is 5.41 Å². The van der Waals surface area contributed by atoms with Gasteiger partial charge >= 0.3 is 6.18 Å². The molecule has 1 fully saturated rings. The van der Waals surface area contributed by atoms with Gasteiger partial charge in [0.2, 0.25) is 5.91 Å². The summed E-state index contributed by atoms with van der Waals surface area (Å²) in [5.74, 6) is 0.673. The fraction of sp³-hybridized carbons (Fsp3) is 0.600. The Morgan fingerprint density at radius 2 is 1.80 bits per heavy atom. The number of nitrogens with zero attached hydrogens (tertiary/aromatic N) is 3. The lowest BCUT2D eigenvalue weighted by Gasteiger charge is -2.37. The monoisotopic (exact) mass is 541 g/mol. The van der Waals surface area contributed by atoms with Crippen molar-refractivity contribution in [3.63, 3.8) is 0 Å². The third-order valence-corrected chi connectivity index (χ3v) is 5.07. The highest BCUT2D eigenvalue weighted by Crippen LogP contribution is 2.29. The van der Waals surface area contributed by atoms with Crippen molar-refractivity contribution >= 4 is 35.8 Å². The molecule has 0 radical (unpaired) electrons. The topological polar surface area (TPSA) is 60.0 Å². The number of carbonyl (C=O) groups is 1. The van der Waals surface area contributed by atoms with Gasteiger partial charge in [0.05, 0.1) is 11.0 Å². The predicted molar refractivity (Wildman–Crippen MR) is 123 cm³/mol. The minimum atomic E-state index is -4.32. The molecule has 2 N–H and O–H groups in total. The summed E-state index contributed by atoms with van der Waals surface area (Å²) in [7, 11) is 3.31. The van der Waals surface area contributed by atoms with E-state index >= 15 is 0 Å². The summed E-state index contributed by atoms with van der Waals surface area (Å²) in [4.78, 5) is 20.5. The molecular formula is C20H31F3IN5O. The van der Waals surface area contributed by atoms with E-state index in [1.54, 1.807) is 20.2 Å². The van der Waals surface area contributed by atoms with Crippen molar-refractivity contribution in [2.75, 3.05) is 46.8 Å². The Balaban J connectivity index is 0.00000450. The van der Waals surface area contributed by atoms with E-state index in [2.05, 4.69) is 25.4 Å². The molecule has 1 aromatic carbocycles. The zero-order valence-corrected chi connectivity index (χ0v) is 20.2. The summed E-state index contributed by atoms with van der Waals surface area (Å²) >= 11 is 0. The number of hydrogen-bond acceptors (Lipinski definition) is 3. The predicted octanol–water partition coefficient (Wildman–Crippen LogP) is 2.79. The van der Waals surface area contributed by atoms with Crippen LogP contribution in [0.4, 0.5) is 13.2 Å². The molecule has 1 aromatic rings. The normalized spacial score (nSPS) is 16.1. The second-order valence-corrected chi connectivity index (χ2v) is 7.83. The van der Waals surface area contributed by atoms with E-state index in [1.807, 2.05) is 13.8 Å². The van der Waals surface area contributed by atoms with Crippen LogP contribution in [-0.4, -0.2) is 68.5 Å². The number of hydrogen-bond donors (Lipinski definition) is 2. The number of aliphatic imine (C=N–C) groups is 1. The summed E-state index contributed by atoms with van der Waals surface area (Å²) in [6.07, 6.45) is -4.32. The highest BCUT2D eigenvalue weighted by atomic mass is 127. The molecule has 0 unspecified atom stereocenters. The van der Waals surface area contributed by atoms with E-state index in [0.29, 0.717) is 31.7 Å². The lowest BCUT2D eigenvalue weighted by molar-refractivity contribution is -0.137. The Morgan fingerprint density at radius 1 is 1.17 bits per heavy atom. The fourth-order valence-corrected chi connectivity index (χ4v) is 3.27. The van der Waals surface area contributed by atoms with Crippen LogP contribution in [0.2, 0.25) is 0 Å². The zero-order chi connectivity index (χ0) is 21.7. The Kier molecular flexibility index (Phi) is 9.86. The van der Waals surface area contributed by atoms with E-state index < -0.39 is 17.2 Å². The number of carbonyl (C=O) groups excluding carboxylic acids is 1. The molecule has 0 atom stereocenters. The maximum absolute atomic E-state index is 12.9. The van der Waals surface area contributed by atoms with Crippen LogP contribution in [0.1, 0.15) is 25.0 Å². The van der Waals surface area contributed by atoms with Gasteiger partial charge in [-0.1, -0.05) is 18.2 Å². The van der Waals surface area contributed by atoms with Crippen molar-refractivity contribution in [3.8, 4) is 0 Å². The highest BCUT2D eigenvalue weighted by molar-refractivity contribution is 14.0. The molecule has 0 saturated carbocycles. The Labute approximate surface area is 193 Å². The molecule has 170 valence electrons. The summed E-state index contributed by atoms with van der Waals surface area (Å²) in [5, 5.41) is 5.91. The van der Waals surface area contributed by atoms with Crippen LogP contribution in [0.25, 0.3) is 0 Å². The van der Waals surface area contributed by atoms with Crippen LogP contribution < -0.4 is 10.6 Å². The third kappa shape index (κ3) is 7.29. The van der Waals surface area contributed by atoms with Crippen LogP contribution >= 0.6 is 24.0 Å². The van der Waals surface area contributed by atoms with Gasteiger partial charge in [-0.3, -0.25) is 14.7 Å². The lowest BCUT2D eigenvalue weighted by Crippen LogP contribution is -2.54. The van der Waals surface area contributed by atoms with Gasteiger partial charge in [0.1, 0.15) is 0 Å². The molecule has 1 aliphatic heterocycles.